The van der Waals surface area contributed by atoms with Gasteiger partial charge in [-0.05, 0) is 12.3 Å². The lowest BCUT2D eigenvalue weighted by Crippen LogP contribution is -2.15. The SMILES string of the molecule is C=CC1CP(Cl)P1C/C=C/CCl. The van der Waals surface area contributed by atoms with Gasteiger partial charge in [0.05, 0.1) is 0 Å². The van der Waals surface area contributed by atoms with Crippen molar-refractivity contribution in [3.63, 3.8) is 0 Å². The number of rotatable bonds is 4. The lowest BCUT2D eigenvalue weighted by Gasteiger charge is -2.39. The second-order valence-electron chi connectivity index (χ2n) is 2.57. The summed E-state index contributed by atoms with van der Waals surface area (Å²) < 4.78 is 0. The molecule has 4 heteroatoms. The van der Waals surface area contributed by atoms with E-state index in [1.807, 2.05) is 6.08 Å². The lowest BCUT2D eigenvalue weighted by molar-refractivity contribution is 1.22. The van der Waals surface area contributed by atoms with Crippen LogP contribution in [0.3, 0.4) is 0 Å². The van der Waals surface area contributed by atoms with E-state index in [1.165, 1.54) is 6.16 Å². The van der Waals surface area contributed by atoms with Crippen molar-refractivity contribution in [2.75, 3.05) is 18.2 Å². The molecule has 0 aromatic rings. The van der Waals surface area contributed by atoms with Crippen molar-refractivity contribution in [1.82, 2.24) is 0 Å². The highest BCUT2D eigenvalue weighted by atomic mass is 35.7. The van der Waals surface area contributed by atoms with Crippen LogP contribution in [0, 0.1) is 0 Å². The highest BCUT2D eigenvalue weighted by molar-refractivity contribution is 8.43. The van der Waals surface area contributed by atoms with E-state index < -0.39 is 0 Å². The Morgan fingerprint density at radius 1 is 1.50 bits per heavy atom. The zero-order valence-electron chi connectivity index (χ0n) is 6.79. The van der Waals surface area contributed by atoms with Crippen LogP contribution in [0.1, 0.15) is 0 Å². The summed E-state index contributed by atoms with van der Waals surface area (Å²) >= 11 is 11.7. The van der Waals surface area contributed by atoms with E-state index in [0.29, 0.717) is 11.5 Å². The molecule has 1 heterocycles. The molecule has 3 unspecified atom stereocenters. The fourth-order valence-corrected chi connectivity index (χ4v) is 8.98. The lowest BCUT2D eigenvalue weighted by atomic mass is 10.5. The number of halogens is 2. The monoisotopic (exact) mass is 240 g/mol. The minimum Gasteiger partial charge on any atom is -0.122 e. The molecule has 0 N–H and O–H groups in total. The van der Waals surface area contributed by atoms with E-state index >= 15 is 0 Å². The molecule has 0 aromatic heterocycles. The Morgan fingerprint density at radius 3 is 2.75 bits per heavy atom. The van der Waals surface area contributed by atoms with Crippen LogP contribution in [0.15, 0.2) is 24.8 Å². The number of hydrogen-bond donors (Lipinski definition) is 0. The van der Waals surface area contributed by atoms with Crippen LogP contribution in [0.5, 0.6) is 0 Å². The van der Waals surface area contributed by atoms with Gasteiger partial charge in [0.2, 0.25) is 0 Å². The van der Waals surface area contributed by atoms with Gasteiger partial charge >= 0.3 is 0 Å². The standard InChI is InChI=1S/C8H12Cl2P2/c1-2-8-7-12(10)11(8)6-4-3-5-9/h2-4,8H,1,5-7H2/b4-3+. The van der Waals surface area contributed by atoms with Crippen LogP contribution in [0.2, 0.25) is 0 Å². The van der Waals surface area contributed by atoms with E-state index in [-0.39, 0.29) is 14.6 Å². The van der Waals surface area contributed by atoms with Crippen LogP contribution in [-0.2, 0) is 0 Å². The molecular formula is C8H12Cl2P2. The first-order chi connectivity index (χ1) is 5.79. The summed E-state index contributed by atoms with van der Waals surface area (Å²) in [6, 6.07) is 0. The van der Waals surface area contributed by atoms with Gasteiger partial charge in [-0.1, -0.05) is 37.1 Å². The summed E-state index contributed by atoms with van der Waals surface area (Å²) in [5.41, 5.74) is 0.712. The van der Waals surface area contributed by atoms with Crippen molar-refractivity contribution < 1.29 is 0 Å². The van der Waals surface area contributed by atoms with Gasteiger partial charge < -0.3 is 0 Å². The molecule has 0 aliphatic carbocycles. The van der Waals surface area contributed by atoms with Crippen molar-refractivity contribution >= 4 is 37.4 Å². The van der Waals surface area contributed by atoms with Crippen LogP contribution in [0.4, 0.5) is 0 Å². The molecule has 0 nitrogen and oxygen atoms in total. The van der Waals surface area contributed by atoms with Gasteiger partial charge in [-0.25, -0.2) is 0 Å². The molecule has 0 spiro atoms. The first-order valence-electron chi connectivity index (χ1n) is 3.83. The smallest absolute Gasteiger partial charge is 0.0404 e. The summed E-state index contributed by atoms with van der Waals surface area (Å²) in [6.07, 6.45) is 8.53. The molecule has 1 rings (SSSR count). The molecule has 3 atom stereocenters. The molecule has 0 radical (unpaired) electrons. The van der Waals surface area contributed by atoms with Crippen LogP contribution >= 0.6 is 37.4 Å². The Hall–Kier alpha value is 0.920. The van der Waals surface area contributed by atoms with Crippen molar-refractivity contribution in [1.29, 1.82) is 0 Å². The van der Waals surface area contributed by atoms with Crippen LogP contribution < -0.4 is 0 Å². The highest BCUT2D eigenvalue weighted by Crippen LogP contribution is 2.84. The van der Waals surface area contributed by atoms with Gasteiger partial charge in [0, 0.05) is 18.5 Å². The van der Waals surface area contributed by atoms with E-state index in [0.717, 1.165) is 6.16 Å². The maximum atomic E-state index is 6.15. The molecule has 1 aliphatic heterocycles. The largest absolute Gasteiger partial charge is 0.122 e. The molecule has 1 saturated heterocycles. The van der Waals surface area contributed by atoms with Crippen LogP contribution in [0.25, 0.3) is 0 Å². The fraction of sp³-hybridized carbons (Fsp3) is 0.500. The summed E-state index contributed by atoms with van der Waals surface area (Å²) in [7, 11) is 0.0326. The Kier molecular flexibility index (Phi) is 5.14. The van der Waals surface area contributed by atoms with E-state index in [2.05, 4.69) is 18.7 Å². The Balaban J connectivity index is 2.30. The average Bonchev–Trinajstić information content (AvgIpc) is 2.08. The zero-order valence-corrected chi connectivity index (χ0v) is 10.1. The minimum absolute atomic E-state index is 0.0326. The summed E-state index contributed by atoms with van der Waals surface area (Å²) in [5, 5.41) is 0. The summed E-state index contributed by atoms with van der Waals surface area (Å²) in [5.74, 6) is 0.613. The number of alkyl halides is 1. The summed E-state index contributed by atoms with van der Waals surface area (Å²) in [4.78, 5) is 0. The molecule has 0 aromatic carbocycles. The Morgan fingerprint density at radius 2 is 2.25 bits per heavy atom. The van der Waals surface area contributed by atoms with Gasteiger partial charge in [-0.2, -0.15) is 0 Å². The zero-order chi connectivity index (χ0) is 8.97. The second kappa shape index (κ2) is 5.61. The molecule has 0 bridgehead atoms. The third-order valence-corrected chi connectivity index (χ3v) is 11.0. The van der Waals surface area contributed by atoms with Gasteiger partial charge in [0.15, 0.2) is 0 Å². The van der Waals surface area contributed by atoms with Crippen molar-refractivity contribution in [3.8, 4) is 0 Å². The maximum absolute atomic E-state index is 6.15. The van der Waals surface area contributed by atoms with Gasteiger partial charge in [0.25, 0.3) is 0 Å². The predicted octanol–water partition coefficient (Wildman–Crippen LogP) is 4.38. The molecule has 12 heavy (non-hydrogen) atoms. The molecular weight excluding hydrogens is 229 g/mol. The highest BCUT2D eigenvalue weighted by Gasteiger charge is 2.36. The van der Waals surface area contributed by atoms with Gasteiger partial charge in [0.1, 0.15) is 0 Å². The van der Waals surface area contributed by atoms with Crippen molar-refractivity contribution in [3.05, 3.63) is 24.8 Å². The Labute approximate surface area is 86.2 Å². The Bertz CT molecular complexity index is 182. The molecule has 68 valence electrons. The van der Waals surface area contributed by atoms with Crippen molar-refractivity contribution in [2.24, 2.45) is 0 Å². The van der Waals surface area contributed by atoms with Crippen LogP contribution in [-0.4, -0.2) is 23.9 Å². The van der Waals surface area contributed by atoms with E-state index in [1.54, 1.807) is 0 Å². The summed E-state index contributed by atoms with van der Waals surface area (Å²) in [6.45, 7) is 3.64. The second-order valence-corrected chi connectivity index (χ2v) is 10.7. The van der Waals surface area contributed by atoms with Gasteiger partial charge in [-0.3, -0.25) is 0 Å². The quantitative estimate of drug-likeness (QED) is 0.389. The topological polar surface area (TPSA) is 0 Å². The maximum Gasteiger partial charge on any atom is 0.0404 e. The molecule has 1 aliphatic rings. The van der Waals surface area contributed by atoms with E-state index in [4.69, 9.17) is 22.8 Å². The average molecular weight is 241 g/mol. The fourth-order valence-electron chi connectivity index (χ4n) is 1.08. The number of hydrogen-bond acceptors (Lipinski definition) is 0. The first kappa shape index (κ1) is 11.0. The predicted molar refractivity (Wildman–Crippen MR) is 63.3 cm³/mol. The normalized spacial score (nSPS) is 35.0. The molecule has 0 amide bonds. The van der Waals surface area contributed by atoms with E-state index in [9.17, 15) is 0 Å². The number of allylic oxidation sites excluding steroid dienone is 3. The molecule has 1 fully saturated rings. The third-order valence-electron chi connectivity index (χ3n) is 1.82. The minimum atomic E-state index is -0.171. The molecule has 0 saturated carbocycles. The first-order valence-corrected chi connectivity index (χ1v) is 9.09. The third kappa shape index (κ3) is 2.71. The van der Waals surface area contributed by atoms with Gasteiger partial charge in [-0.15, -0.1) is 18.2 Å². The van der Waals surface area contributed by atoms with Crippen molar-refractivity contribution in [2.45, 2.75) is 5.66 Å².